The normalized spacial score (nSPS) is 10.8. The average Bonchev–Trinajstić information content (AvgIpc) is 2.56. The van der Waals surface area contributed by atoms with Gasteiger partial charge in [0, 0.05) is 19.0 Å². The van der Waals surface area contributed by atoms with Gasteiger partial charge in [-0.15, -0.1) is 0 Å². The number of carbonyl (C=O) groups is 1. The van der Waals surface area contributed by atoms with Crippen molar-refractivity contribution >= 4 is 16.9 Å². The summed E-state index contributed by atoms with van der Waals surface area (Å²) in [6.07, 6.45) is 0. The smallest absolute Gasteiger partial charge is 0.357 e. The van der Waals surface area contributed by atoms with Gasteiger partial charge in [-0.1, -0.05) is 6.07 Å². The number of carboxylic acids is 1. The first-order valence-electron chi connectivity index (χ1n) is 4.52. The summed E-state index contributed by atoms with van der Waals surface area (Å²) in [5, 5.41) is 13.5. The molecule has 0 radical (unpaired) electrons. The van der Waals surface area contributed by atoms with Crippen LogP contribution in [0.15, 0.2) is 18.2 Å². The van der Waals surface area contributed by atoms with Crippen molar-refractivity contribution < 1.29 is 9.90 Å². The van der Waals surface area contributed by atoms with E-state index < -0.39 is 5.97 Å². The molecule has 0 aliphatic carbocycles. The summed E-state index contributed by atoms with van der Waals surface area (Å²) >= 11 is 0. The molecular formula is C10H11N3O2. The maximum atomic E-state index is 10.9. The number of aromatic nitrogens is 2. The Hall–Kier alpha value is -1.88. The minimum atomic E-state index is -1.01. The quantitative estimate of drug-likeness (QED) is 0.757. The molecule has 0 unspecified atom stereocenters. The van der Waals surface area contributed by atoms with Crippen LogP contribution in [0.5, 0.6) is 0 Å². The Morgan fingerprint density at radius 2 is 2.33 bits per heavy atom. The molecule has 0 spiro atoms. The molecule has 0 aliphatic rings. The number of aryl methyl sites for hydroxylation is 1. The third-order valence-electron chi connectivity index (χ3n) is 2.35. The molecule has 2 aromatic rings. The third kappa shape index (κ3) is 1.46. The van der Waals surface area contributed by atoms with E-state index >= 15 is 0 Å². The molecule has 3 N–H and O–H groups in total. The number of hydrogen-bond donors (Lipinski definition) is 2. The fraction of sp³-hybridized carbons (Fsp3) is 0.200. The zero-order chi connectivity index (χ0) is 11.0. The van der Waals surface area contributed by atoms with Crippen LogP contribution < -0.4 is 5.73 Å². The topological polar surface area (TPSA) is 81.1 Å². The molecule has 5 heteroatoms. The summed E-state index contributed by atoms with van der Waals surface area (Å²) < 4.78 is 1.55. The second kappa shape index (κ2) is 3.36. The lowest BCUT2D eigenvalue weighted by atomic mass is 10.1. The van der Waals surface area contributed by atoms with E-state index in [1.165, 1.54) is 0 Å². The maximum Gasteiger partial charge on any atom is 0.357 e. The van der Waals surface area contributed by atoms with Crippen molar-refractivity contribution in [2.24, 2.45) is 12.8 Å². The van der Waals surface area contributed by atoms with Crippen molar-refractivity contribution in [1.82, 2.24) is 9.78 Å². The second-order valence-electron chi connectivity index (χ2n) is 3.33. The van der Waals surface area contributed by atoms with Gasteiger partial charge in [0.05, 0.1) is 5.52 Å². The van der Waals surface area contributed by atoms with E-state index in [-0.39, 0.29) is 5.69 Å². The van der Waals surface area contributed by atoms with Crippen molar-refractivity contribution in [3.8, 4) is 0 Å². The molecule has 2 rings (SSSR count). The largest absolute Gasteiger partial charge is 0.476 e. The van der Waals surface area contributed by atoms with Crippen LogP contribution in [0.4, 0.5) is 0 Å². The SMILES string of the molecule is Cn1nc(C(=O)O)c2ccc(CN)cc21. The molecule has 1 aromatic heterocycles. The highest BCUT2D eigenvalue weighted by molar-refractivity contribution is 6.01. The number of benzene rings is 1. The summed E-state index contributed by atoms with van der Waals surface area (Å²) in [4.78, 5) is 10.9. The lowest BCUT2D eigenvalue weighted by molar-refractivity contribution is 0.0691. The van der Waals surface area contributed by atoms with Crippen LogP contribution in [0.25, 0.3) is 10.9 Å². The van der Waals surface area contributed by atoms with E-state index in [1.807, 2.05) is 12.1 Å². The van der Waals surface area contributed by atoms with Crippen molar-refractivity contribution in [2.45, 2.75) is 6.54 Å². The second-order valence-corrected chi connectivity index (χ2v) is 3.33. The molecule has 0 fully saturated rings. The predicted octanol–water partition coefficient (Wildman–Crippen LogP) is 0.730. The van der Waals surface area contributed by atoms with Gasteiger partial charge < -0.3 is 10.8 Å². The van der Waals surface area contributed by atoms with Crippen molar-refractivity contribution in [3.05, 3.63) is 29.5 Å². The molecule has 0 saturated carbocycles. The molecule has 0 saturated heterocycles. The summed E-state index contributed by atoms with van der Waals surface area (Å²) in [7, 11) is 1.72. The molecule has 0 bridgehead atoms. The van der Waals surface area contributed by atoms with Crippen LogP contribution in [-0.2, 0) is 13.6 Å². The van der Waals surface area contributed by atoms with Crippen molar-refractivity contribution in [3.63, 3.8) is 0 Å². The van der Waals surface area contributed by atoms with Crippen LogP contribution >= 0.6 is 0 Å². The Labute approximate surface area is 86.1 Å². The number of carboxylic acid groups (broad SMARTS) is 1. The van der Waals surface area contributed by atoms with Gasteiger partial charge in [-0.25, -0.2) is 4.79 Å². The van der Waals surface area contributed by atoms with E-state index in [4.69, 9.17) is 10.8 Å². The number of aromatic carboxylic acids is 1. The van der Waals surface area contributed by atoms with E-state index in [1.54, 1.807) is 17.8 Å². The first kappa shape index (κ1) is 9.67. The molecule has 78 valence electrons. The monoisotopic (exact) mass is 205 g/mol. The number of fused-ring (bicyclic) bond motifs is 1. The van der Waals surface area contributed by atoms with Gasteiger partial charge in [-0.05, 0) is 17.7 Å². The minimum Gasteiger partial charge on any atom is -0.476 e. The zero-order valence-corrected chi connectivity index (χ0v) is 8.27. The molecule has 1 aromatic carbocycles. The molecule has 0 atom stereocenters. The first-order chi connectivity index (χ1) is 7.13. The molecule has 1 heterocycles. The Kier molecular flexibility index (Phi) is 2.17. The number of nitrogens with zero attached hydrogens (tertiary/aromatic N) is 2. The number of nitrogens with two attached hydrogens (primary N) is 1. The van der Waals surface area contributed by atoms with Gasteiger partial charge in [0.2, 0.25) is 0 Å². The molecule has 15 heavy (non-hydrogen) atoms. The highest BCUT2D eigenvalue weighted by atomic mass is 16.4. The van der Waals surface area contributed by atoms with Crippen LogP contribution in [-0.4, -0.2) is 20.9 Å². The van der Waals surface area contributed by atoms with Crippen LogP contribution in [0.3, 0.4) is 0 Å². The summed E-state index contributed by atoms with van der Waals surface area (Å²) in [5.41, 5.74) is 7.34. The Balaban J connectivity index is 2.75. The van der Waals surface area contributed by atoms with Crippen molar-refractivity contribution in [2.75, 3.05) is 0 Å². The fourth-order valence-corrected chi connectivity index (χ4v) is 1.59. The van der Waals surface area contributed by atoms with E-state index in [9.17, 15) is 4.79 Å². The number of rotatable bonds is 2. The highest BCUT2D eigenvalue weighted by Gasteiger charge is 2.14. The Bertz CT molecular complexity index is 531. The number of hydrogen-bond acceptors (Lipinski definition) is 3. The minimum absolute atomic E-state index is 0.0797. The molecule has 5 nitrogen and oxygen atoms in total. The van der Waals surface area contributed by atoms with Gasteiger partial charge in [0.15, 0.2) is 5.69 Å². The lowest BCUT2D eigenvalue weighted by Gasteiger charge is -1.97. The van der Waals surface area contributed by atoms with E-state index in [0.29, 0.717) is 11.9 Å². The van der Waals surface area contributed by atoms with Gasteiger partial charge in [0.1, 0.15) is 0 Å². The zero-order valence-electron chi connectivity index (χ0n) is 8.27. The molecule has 0 aliphatic heterocycles. The van der Waals surface area contributed by atoms with Gasteiger partial charge in [0.25, 0.3) is 0 Å². The highest BCUT2D eigenvalue weighted by Crippen LogP contribution is 2.19. The predicted molar refractivity (Wildman–Crippen MR) is 55.6 cm³/mol. The molecular weight excluding hydrogens is 194 g/mol. The Morgan fingerprint density at radius 3 is 2.93 bits per heavy atom. The van der Waals surface area contributed by atoms with Gasteiger partial charge >= 0.3 is 5.97 Å². The van der Waals surface area contributed by atoms with Gasteiger partial charge in [-0.2, -0.15) is 5.10 Å². The first-order valence-corrected chi connectivity index (χ1v) is 4.52. The third-order valence-corrected chi connectivity index (χ3v) is 2.35. The lowest BCUT2D eigenvalue weighted by Crippen LogP contribution is -1.99. The average molecular weight is 205 g/mol. The molecule has 0 amide bonds. The Morgan fingerprint density at radius 1 is 1.60 bits per heavy atom. The maximum absolute atomic E-state index is 10.9. The van der Waals surface area contributed by atoms with Crippen LogP contribution in [0, 0.1) is 0 Å². The summed E-state index contributed by atoms with van der Waals surface area (Å²) in [6, 6.07) is 5.42. The van der Waals surface area contributed by atoms with E-state index in [2.05, 4.69) is 5.10 Å². The standard InChI is InChI=1S/C10H11N3O2/c1-13-8-4-6(5-11)2-3-7(8)9(12-13)10(14)15/h2-4H,5,11H2,1H3,(H,14,15). The fourth-order valence-electron chi connectivity index (χ4n) is 1.59. The van der Waals surface area contributed by atoms with Crippen LogP contribution in [0.2, 0.25) is 0 Å². The van der Waals surface area contributed by atoms with Crippen molar-refractivity contribution in [1.29, 1.82) is 0 Å². The van der Waals surface area contributed by atoms with E-state index in [0.717, 1.165) is 11.1 Å². The summed E-state index contributed by atoms with van der Waals surface area (Å²) in [6.45, 7) is 0.434. The van der Waals surface area contributed by atoms with Crippen LogP contribution in [0.1, 0.15) is 16.1 Å². The summed E-state index contributed by atoms with van der Waals surface area (Å²) in [5.74, 6) is -1.01. The van der Waals surface area contributed by atoms with Gasteiger partial charge in [-0.3, -0.25) is 4.68 Å².